The molecular weight excluding hydrogens is 270 g/mol. The molecule has 0 amide bonds. The third-order valence-corrected chi connectivity index (χ3v) is 5.03. The third kappa shape index (κ3) is 3.38. The minimum atomic E-state index is -0.825. The van der Waals surface area contributed by atoms with E-state index in [0.717, 1.165) is 37.5 Å². The Kier molecular flexibility index (Phi) is 4.46. The third-order valence-electron chi connectivity index (χ3n) is 5.03. The number of hydrogen-bond acceptors (Lipinski definition) is 1. The molecule has 0 unspecified atom stereocenters. The van der Waals surface area contributed by atoms with Crippen LogP contribution in [-0.2, 0) is 0 Å². The zero-order chi connectivity index (χ0) is 14.8. The lowest BCUT2D eigenvalue weighted by molar-refractivity contribution is 0.289. The predicted octanol–water partition coefficient (Wildman–Crippen LogP) is 5.44. The first-order valence-electron chi connectivity index (χ1n) is 8.29. The molecule has 0 radical (unpaired) electrons. The van der Waals surface area contributed by atoms with Gasteiger partial charge in [0.25, 0.3) is 0 Å². The maximum atomic E-state index is 14.2. The summed E-state index contributed by atoms with van der Waals surface area (Å²) < 4.78 is 33.3. The number of hydrogen-bond donors (Lipinski definition) is 0. The van der Waals surface area contributed by atoms with E-state index >= 15 is 0 Å². The van der Waals surface area contributed by atoms with Crippen LogP contribution < -0.4 is 4.74 Å². The van der Waals surface area contributed by atoms with Crippen molar-refractivity contribution in [2.24, 2.45) is 11.8 Å². The van der Waals surface area contributed by atoms with Gasteiger partial charge in [-0.15, -0.1) is 0 Å². The zero-order valence-corrected chi connectivity index (χ0v) is 12.7. The first kappa shape index (κ1) is 14.8. The largest absolute Gasteiger partial charge is 0.491 e. The van der Waals surface area contributed by atoms with Crippen molar-refractivity contribution in [1.82, 2.24) is 0 Å². The Morgan fingerprint density at radius 3 is 2.14 bits per heavy atom. The van der Waals surface area contributed by atoms with Crippen LogP contribution in [-0.4, -0.2) is 6.61 Å². The summed E-state index contributed by atoms with van der Waals surface area (Å²) in [5.74, 6) is 0.448. The molecule has 1 aromatic rings. The highest BCUT2D eigenvalue weighted by Crippen LogP contribution is 2.44. The van der Waals surface area contributed by atoms with Crippen LogP contribution in [0.2, 0.25) is 0 Å². The number of benzene rings is 1. The zero-order valence-electron chi connectivity index (χ0n) is 12.7. The molecule has 1 aromatic carbocycles. The van der Waals surface area contributed by atoms with Crippen molar-refractivity contribution in [2.75, 3.05) is 6.61 Å². The molecule has 0 bridgehead atoms. The van der Waals surface area contributed by atoms with Crippen molar-refractivity contribution in [2.45, 2.75) is 57.8 Å². The van der Waals surface area contributed by atoms with Crippen LogP contribution in [0.5, 0.6) is 5.75 Å². The molecule has 116 valence electrons. The highest BCUT2D eigenvalue weighted by atomic mass is 19.2. The van der Waals surface area contributed by atoms with Gasteiger partial charge in [-0.05, 0) is 68.4 Å². The Labute approximate surface area is 125 Å². The molecule has 0 heterocycles. The molecule has 2 fully saturated rings. The Hall–Kier alpha value is -1.12. The number of rotatable bonds is 5. The van der Waals surface area contributed by atoms with E-state index in [9.17, 15) is 8.78 Å². The lowest BCUT2D eigenvalue weighted by atomic mass is 9.77. The van der Waals surface area contributed by atoms with E-state index in [0.29, 0.717) is 12.2 Å². The fraction of sp³-hybridized carbons (Fsp3) is 0.667. The van der Waals surface area contributed by atoms with Crippen LogP contribution in [0.4, 0.5) is 8.78 Å². The molecule has 0 aromatic heterocycles. The predicted molar refractivity (Wildman–Crippen MR) is 79.6 cm³/mol. The van der Waals surface area contributed by atoms with Crippen molar-refractivity contribution >= 4 is 0 Å². The quantitative estimate of drug-likeness (QED) is 0.703. The van der Waals surface area contributed by atoms with Gasteiger partial charge in [-0.2, -0.15) is 4.39 Å². The van der Waals surface area contributed by atoms with Gasteiger partial charge in [0.15, 0.2) is 11.6 Å². The standard InChI is InChI=1S/C18H24F2O/c1-2-21-16-10-9-15(17(19)18(16)20)14-7-5-13(6-8-14)11-12-3-4-12/h9-10,12-14H,2-8,11H2,1H3. The molecule has 0 aliphatic heterocycles. The van der Waals surface area contributed by atoms with E-state index in [-0.39, 0.29) is 11.7 Å². The average Bonchev–Trinajstić information content (AvgIpc) is 3.30. The second-order valence-electron chi connectivity index (χ2n) is 6.61. The summed E-state index contributed by atoms with van der Waals surface area (Å²) in [7, 11) is 0. The molecule has 2 aliphatic carbocycles. The van der Waals surface area contributed by atoms with Crippen LogP contribution in [0.3, 0.4) is 0 Å². The van der Waals surface area contributed by atoms with Crippen molar-refractivity contribution in [3.05, 3.63) is 29.3 Å². The van der Waals surface area contributed by atoms with Crippen LogP contribution in [0, 0.1) is 23.5 Å². The molecule has 0 spiro atoms. The molecule has 1 nitrogen and oxygen atoms in total. The van der Waals surface area contributed by atoms with E-state index in [1.807, 2.05) is 0 Å². The Morgan fingerprint density at radius 2 is 1.57 bits per heavy atom. The molecular formula is C18H24F2O. The van der Waals surface area contributed by atoms with Crippen molar-refractivity contribution in [1.29, 1.82) is 0 Å². The summed E-state index contributed by atoms with van der Waals surface area (Å²) in [5, 5.41) is 0. The van der Waals surface area contributed by atoms with Gasteiger partial charge < -0.3 is 4.74 Å². The summed E-state index contributed by atoms with van der Waals surface area (Å²) in [6, 6.07) is 3.29. The van der Waals surface area contributed by atoms with Crippen molar-refractivity contribution in [3.63, 3.8) is 0 Å². The molecule has 21 heavy (non-hydrogen) atoms. The smallest absolute Gasteiger partial charge is 0.200 e. The van der Waals surface area contributed by atoms with Gasteiger partial charge in [0.2, 0.25) is 5.82 Å². The fourth-order valence-electron chi connectivity index (χ4n) is 3.66. The summed E-state index contributed by atoms with van der Waals surface area (Å²) in [6.07, 6.45) is 8.46. The lowest BCUT2D eigenvalue weighted by Crippen LogP contribution is -2.15. The minimum Gasteiger partial charge on any atom is -0.491 e. The van der Waals surface area contributed by atoms with Gasteiger partial charge in [-0.3, -0.25) is 0 Å². The number of halogens is 2. The van der Waals surface area contributed by atoms with E-state index in [4.69, 9.17) is 4.74 Å². The average molecular weight is 294 g/mol. The maximum absolute atomic E-state index is 14.2. The first-order valence-corrected chi connectivity index (χ1v) is 8.29. The monoisotopic (exact) mass is 294 g/mol. The van der Waals surface area contributed by atoms with E-state index in [1.165, 1.54) is 19.3 Å². The summed E-state index contributed by atoms with van der Waals surface area (Å²) in [4.78, 5) is 0. The molecule has 0 N–H and O–H groups in total. The van der Waals surface area contributed by atoms with E-state index < -0.39 is 11.6 Å². The fourth-order valence-corrected chi connectivity index (χ4v) is 3.66. The molecule has 0 saturated heterocycles. The van der Waals surface area contributed by atoms with E-state index in [1.54, 1.807) is 19.1 Å². The van der Waals surface area contributed by atoms with Gasteiger partial charge in [-0.1, -0.05) is 18.9 Å². The van der Waals surface area contributed by atoms with Crippen molar-refractivity contribution < 1.29 is 13.5 Å². The number of ether oxygens (including phenoxy) is 1. The molecule has 0 atom stereocenters. The van der Waals surface area contributed by atoms with Gasteiger partial charge in [0, 0.05) is 0 Å². The molecule has 3 rings (SSSR count). The SMILES string of the molecule is CCOc1ccc(C2CCC(CC3CC3)CC2)c(F)c1F. The topological polar surface area (TPSA) is 9.23 Å². The normalized spacial score (nSPS) is 25.9. The van der Waals surface area contributed by atoms with Crippen LogP contribution >= 0.6 is 0 Å². The van der Waals surface area contributed by atoms with Gasteiger partial charge in [0.05, 0.1) is 6.61 Å². The maximum Gasteiger partial charge on any atom is 0.200 e. The molecule has 3 heteroatoms. The minimum absolute atomic E-state index is 0.0289. The first-order chi connectivity index (χ1) is 10.2. The Balaban J connectivity index is 1.65. The van der Waals surface area contributed by atoms with Gasteiger partial charge in [0.1, 0.15) is 0 Å². The second-order valence-corrected chi connectivity index (χ2v) is 6.61. The van der Waals surface area contributed by atoms with Gasteiger partial charge >= 0.3 is 0 Å². The lowest BCUT2D eigenvalue weighted by Gasteiger charge is -2.29. The van der Waals surface area contributed by atoms with Crippen LogP contribution in [0.15, 0.2) is 12.1 Å². The summed E-state index contributed by atoms with van der Waals surface area (Å²) >= 11 is 0. The highest BCUT2D eigenvalue weighted by molar-refractivity contribution is 5.33. The van der Waals surface area contributed by atoms with Crippen LogP contribution in [0.1, 0.15) is 63.4 Å². The summed E-state index contributed by atoms with van der Waals surface area (Å²) in [6.45, 7) is 2.12. The summed E-state index contributed by atoms with van der Waals surface area (Å²) in [5.41, 5.74) is 0.542. The second kappa shape index (κ2) is 6.33. The van der Waals surface area contributed by atoms with E-state index in [2.05, 4.69) is 0 Å². The highest BCUT2D eigenvalue weighted by Gasteiger charge is 2.30. The van der Waals surface area contributed by atoms with Crippen molar-refractivity contribution in [3.8, 4) is 5.75 Å². The van der Waals surface area contributed by atoms with Gasteiger partial charge in [-0.25, -0.2) is 4.39 Å². The molecule has 2 aliphatic rings. The van der Waals surface area contributed by atoms with Crippen LogP contribution in [0.25, 0.3) is 0 Å². The Morgan fingerprint density at radius 1 is 0.952 bits per heavy atom. The molecule has 2 saturated carbocycles. The Bertz CT molecular complexity index is 488.